The van der Waals surface area contributed by atoms with E-state index in [0.717, 1.165) is 43.0 Å². The van der Waals surface area contributed by atoms with Gasteiger partial charge in [0.05, 0.1) is 6.42 Å². The fraction of sp³-hybridized carbons (Fsp3) is 0.556. The average Bonchev–Trinajstić information content (AvgIpc) is 3.08. The maximum absolute atomic E-state index is 12.6. The zero-order valence-electron chi connectivity index (χ0n) is 14.2. The molecule has 0 spiro atoms. The molecule has 25 heavy (non-hydrogen) atoms. The molecule has 1 N–H and O–H groups in total. The van der Waals surface area contributed by atoms with Gasteiger partial charge in [0.1, 0.15) is 13.2 Å². The van der Waals surface area contributed by atoms with E-state index < -0.39 is 0 Å². The quantitative estimate of drug-likeness (QED) is 0.888. The largest absolute Gasteiger partial charge is 0.486 e. The molecule has 0 aliphatic carbocycles. The van der Waals surface area contributed by atoms with Gasteiger partial charge in [0.15, 0.2) is 11.5 Å². The minimum absolute atomic E-state index is 0.0288. The van der Waals surface area contributed by atoms with Crippen LogP contribution in [-0.4, -0.2) is 67.2 Å². The van der Waals surface area contributed by atoms with Crippen LogP contribution in [0.2, 0.25) is 0 Å². The molecule has 3 amide bonds. The molecule has 4 rings (SSSR count). The Bertz CT molecular complexity index is 670. The molecule has 0 atom stereocenters. The van der Waals surface area contributed by atoms with Crippen molar-refractivity contribution in [2.75, 3.05) is 39.4 Å². The number of likely N-dealkylation sites (tertiary alicyclic amines) is 1. The first-order valence-electron chi connectivity index (χ1n) is 8.91. The molecule has 3 aliphatic rings. The van der Waals surface area contributed by atoms with Crippen molar-refractivity contribution in [3.8, 4) is 11.5 Å². The van der Waals surface area contributed by atoms with Gasteiger partial charge in [0.2, 0.25) is 5.91 Å². The van der Waals surface area contributed by atoms with Gasteiger partial charge in [-0.05, 0) is 30.5 Å². The highest BCUT2D eigenvalue weighted by molar-refractivity contribution is 5.79. The summed E-state index contributed by atoms with van der Waals surface area (Å²) < 4.78 is 11.1. The van der Waals surface area contributed by atoms with Gasteiger partial charge in [-0.3, -0.25) is 4.79 Å². The highest BCUT2D eigenvalue weighted by Gasteiger charge is 2.31. The van der Waals surface area contributed by atoms with E-state index in [0.29, 0.717) is 32.7 Å². The molecule has 0 bridgehead atoms. The Balaban J connectivity index is 1.32. The fourth-order valence-corrected chi connectivity index (χ4v) is 3.75. The summed E-state index contributed by atoms with van der Waals surface area (Å²) in [6.07, 6.45) is 2.06. The number of urea groups is 1. The Labute approximate surface area is 146 Å². The number of rotatable bonds is 3. The number of carbonyl (C=O) groups excluding carboxylic acids is 2. The topological polar surface area (TPSA) is 71.1 Å². The molecule has 0 unspecified atom stereocenters. The fourth-order valence-electron chi connectivity index (χ4n) is 3.75. The summed E-state index contributed by atoms with van der Waals surface area (Å²) in [4.78, 5) is 28.2. The average molecular weight is 345 g/mol. The van der Waals surface area contributed by atoms with Gasteiger partial charge in [-0.1, -0.05) is 6.07 Å². The summed E-state index contributed by atoms with van der Waals surface area (Å²) in [6, 6.07) is 5.97. The Morgan fingerprint density at radius 3 is 2.60 bits per heavy atom. The molecule has 2 fully saturated rings. The van der Waals surface area contributed by atoms with E-state index in [-0.39, 0.29) is 18.0 Å². The Hall–Kier alpha value is -2.44. The van der Waals surface area contributed by atoms with Crippen LogP contribution in [0.5, 0.6) is 11.5 Å². The summed E-state index contributed by atoms with van der Waals surface area (Å²) >= 11 is 0. The minimum atomic E-state index is 0.0288. The number of hydrogen-bond donors (Lipinski definition) is 1. The van der Waals surface area contributed by atoms with Crippen LogP contribution >= 0.6 is 0 Å². The third-order valence-corrected chi connectivity index (χ3v) is 5.11. The first-order valence-corrected chi connectivity index (χ1v) is 8.91. The number of fused-ring (bicyclic) bond motifs is 1. The first kappa shape index (κ1) is 16.1. The van der Waals surface area contributed by atoms with Gasteiger partial charge in [0, 0.05) is 32.2 Å². The summed E-state index contributed by atoms with van der Waals surface area (Å²) in [5.41, 5.74) is 0.940. The van der Waals surface area contributed by atoms with E-state index in [1.165, 1.54) is 0 Å². The number of amides is 3. The number of carbonyl (C=O) groups is 2. The van der Waals surface area contributed by atoms with E-state index in [4.69, 9.17) is 9.47 Å². The van der Waals surface area contributed by atoms with Crippen molar-refractivity contribution < 1.29 is 19.1 Å². The van der Waals surface area contributed by atoms with Crippen molar-refractivity contribution >= 4 is 11.9 Å². The molecule has 0 aromatic heterocycles. The molecule has 7 heteroatoms. The third-order valence-electron chi connectivity index (χ3n) is 5.11. The third kappa shape index (κ3) is 3.36. The van der Waals surface area contributed by atoms with Crippen LogP contribution < -0.4 is 14.8 Å². The minimum Gasteiger partial charge on any atom is -0.486 e. The number of hydrogen-bond acceptors (Lipinski definition) is 4. The summed E-state index contributed by atoms with van der Waals surface area (Å²) in [5, 5.41) is 2.84. The lowest BCUT2D eigenvalue weighted by molar-refractivity contribution is -0.131. The molecule has 0 radical (unpaired) electrons. The highest BCUT2D eigenvalue weighted by Crippen LogP contribution is 2.31. The van der Waals surface area contributed by atoms with Gasteiger partial charge in [0.25, 0.3) is 0 Å². The lowest BCUT2D eigenvalue weighted by Gasteiger charge is -2.36. The standard InChI is InChI=1S/C18H23N3O4/c22-17(12-13-1-2-15-16(11-13)25-10-9-24-15)20-6-3-14(4-7-20)21-8-5-19-18(21)23/h1-2,11,14H,3-10,12H2,(H,19,23). The molecule has 2 saturated heterocycles. The number of piperidine rings is 1. The van der Waals surface area contributed by atoms with Gasteiger partial charge >= 0.3 is 6.03 Å². The predicted octanol–water partition coefficient (Wildman–Crippen LogP) is 1.02. The number of benzene rings is 1. The second-order valence-electron chi connectivity index (χ2n) is 6.69. The lowest BCUT2D eigenvalue weighted by atomic mass is 10.0. The van der Waals surface area contributed by atoms with Gasteiger partial charge in [-0.15, -0.1) is 0 Å². The monoisotopic (exact) mass is 345 g/mol. The molecule has 3 aliphatic heterocycles. The van der Waals surface area contributed by atoms with Crippen molar-refractivity contribution in [1.29, 1.82) is 0 Å². The predicted molar refractivity (Wildman–Crippen MR) is 90.8 cm³/mol. The first-order chi connectivity index (χ1) is 12.2. The van der Waals surface area contributed by atoms with Crippen LogP contribution in [0.1, 0.15) is 18.4 Å². The van der Waals surface area contributed by atoms with Crippen molar-refractivity contribution in [1.82, 2.24) is 15.1 Å². The van der Waals surface area contributed by atoms with Crippen molar-refractivity contribution in [3.63, 3.8) is 0 Å². The second kappa shape index (κ2) is 6.82. The summed E-state index contributed by atoms with van der Waals surface area (Å²) in [5.74, 6) is 1.59. The molecular weight excluding hydrogens is 322 g/mol. The highest BCUT2D eigenvalue weighted by atomic mass is 16.6. The number of nitrogens with one attached hydrogen (secondary N) is 1. The summed E-state index contributed by atoms with van der Waals surface area (Å²) in [7, 11) is 0. The zero-order valence-corrected chi connectivity index (χ0v) is 14.2. The normalized spacial score (nSPS) is 20.6. The van der Waals surface area contributed by atoms with Crippen LogP contribution in [0.3, 0.4) is 0 Å². The van der Waals surface area contributed by atoms with Gasteiger partial charge in [-0.2, -0.15) is 0 Å². The van der Waals surface area contributed by atoms with Crippen LogP contribution in [0.25, 0.3) is 0 Å². The van der Waals surface area contributed by atoms with Crippen LogP contribution in [0.4, 0.5) is 4.79 Å². The maximum atomic E-state index is 12.6. The van der Waals surface area contributed by atoms with Crippen LogP contribution in [0.15, 0.2) is 18.2 Å². The summed E-state index contributed by atoms with van der Waals surface area (Å²) in [6.45, 7) is 4.02. The molecule has 1 aromatic carbocycles. The van der Waals surface area contributed by atoms with Gasteiger partial charge in [-0.25, -0.2) is 4.79 Å². The Morgan fingerprint density at radius 1 is 1.12 bits per heavy atom. The smallest absolute Gasteiger partial charge is 0.317 e. The Morgan fingerprint density at radius 2 is 1.88 bits per heavy atom. The van der Waals surface area contributed by atoms with Crippen molar-refractivity contribution in [2.45, 2.75) is 25.3 Å². The van der Waals surface area contributed by atoms with E-state index in [9.17, 15) is 9.59 Å². The zero-order chi connectivity index (χ0) is 17.2. The Kier molecular flexibility index (Phi) is 4.38. The van der Waals surface area contributed by atoms with Crippen LogP contribution in [0, 0.1) is 0 Å². The second-order valence-corrected chi connectivity index (χ2v) is 6.69. The van der Waals surface area contributed by atoms with Crippen LogP contribution in [-0.2, 0) is 11.2 Å². The van der Waals surface area contributed by atoms with Gasteiger partial charge < -0.3 is 24.6 Å². The molecular formula is C18H23N3O4. The molecule has 7 nitrogen and oxygen atoms in total. The molecule has 0 saturated carbocycles. The SMILES string of the molecule is O=C(Cc1ccc2c(c1)OCCO2)N1CCC(N2CCNC2=O)CC1. The van der Waals surface area contributed by atoms with E-state index in [1.807, 2.05) is 28.0 Å². The lowest BCUT2D eigenvalue weighted by Crippen LogP contribution is -2.48. The van der Waals surface area contributed by atoms with E-state index in [1.54, 1.807) is 0 Å². The number of ether oxygens (including phenoxy) is 2. The molecule has 3 heterocycles. The molecule has 134 valence electrons. The maximum Gasteiger partial charge on any atom is 0.317 e. The molecule has 1 aromatic rings. The number of nitrogens with zero attached hydrogens (tertiary/aromatic N) is 2. The van der Waals surface area contributed by atoms with Crippen molar-refractivity contribution in [2.24, 2.45) is 0 Å². The van der Waals surface area contributed by atoms with E-state index in [2.05, 4.69) is 5.32 Å². The van der Waals surface area contributed by atoms with Crippen molar-refractivity contribution in [3.05, 3.63) is 23.8 Å². The van der Waals surface area contributed by atoms with E-state index >= 15 is 0 Å².